The van der Waals surface area contributed by atoms with Crippen LogP contribution >= 0.6 is 0 Å². The van der Waals surface area contributed by atoms with E-state index in [1.807, 2.05) is 0 Å². The molecule has 8 nitrogen and oxygen atoms in total. The minimum atomic E-state index is -4.20. The number of nitro groups is 1. The summed E-state index contributed by atoms with van der Waals surface area (Å²) < 4.78 is 31.6. The van der Waals surface area contributed by atoms with Crippen LogP contribution in [0.2, 0.25) is 0 Å². The third-order valence-electron chi connectivity index (χ3n) is 3.24. The number of anilines is 1. The lowest BCUT2D eigenvalue weighted by atomic mass is 10.3. The predicted octanol–water partition coefficient (Wildman–Crippen LogP) is 2.35. The minimum absolute atomic E-state index is 0.109. The van der Waals surface area contributed by atoms with Crippen LogP contribution in [0.1, 0.15) is 6.92 Å². The Morgan fingerprint density at radius 1 is 1.16 bits per heavy atom. The number of ether oxygens (including phenoxy) is 1. The number of nitrogens with zero attached hydrogens (tertiary/aromatic N) is 2. The number of para-hydroxylation sites is 1. The Kier molecular flexibility index (Phi) is 5.71. The van der Waals surface area contributed by atoms with Crippen LogP contribution in [0, 0.1) is 10.1 Å². The molecule has 0 radical (unpaired) electrons. The van der Waals surface area contributed by atoms with Crippen LogP contribution in [0.4, 0.5) is 11.4 Å². The lowest BCUT2D eigenvalue weighted by molar-refractivity contribution is -0.385. The highest BCUT2D eigenvalue weighted by Crippen LogP contribution is 2.25. The molecule has 0 aromatic heterocycles. The Labute approximate surface area is 144 Å². The van der Waals surface area contributed by atoms with Gasteiger partial charge in [-0.1, -0.05) is 24.3 Å². The van der Waals surface area contributed by atoms with Crippen LogP contribution < -0.4 is 4.31 Å². The van der Waals surface area contributed by atoms with Gasteiger partial charge in [0.1, 0.15) is 6.54 Å². The van der Waals surface area contributed by atoms with Crippen LogP contribution in [0.3, 0.4) is 0 Å². The molecule has 0 aliphatic rings. The monoisotopic (exact) mass is 364 g/mol. The van der Waals surface area contributed by atoms with Gasteiger partial charge in [-0.25, -0.2) is 8.42 Å². The molecule has 132 valence electrons. The summed E-state index contributed by atoms with van der Waals surface area (Å²) in [5.74, 6) is -0.722. The molecule has 25 heavy (non-hydrogen) atoms. The standard InChI is InChI=1S/C16H16N2O6S/c1-2-24-16(19)12-17(13-7-4-3-5-8-13)25(22,23)15-10-6-9-14(11-15)18(20)21/h3-11H,2,12H2,1H3. The molecule has 0 saturated carbocycles. The molecule has 2 aromatic carbocycles. The number of hydrogen-bond donors (Lipinski definition) is 0. The molecular formula is C16H16N2O6S. The summed E-state index contributed by atoms with van der Waals surface area (Å²) in [4.78, 5) is 21.8. The van der Waals surface area contributed by atoms with Crippen LogP contribution in [-0.4, -0.2) is 32.5 Å². The summed E-state index contributed by atoms with van der Waals surface area (Å²) >= 11 is 0. The molecular weight excluding hydrogens is 348 g/mol. The molecule has 0 bridgehead atoms. The maximum Gasteiger partial charge on any atom is 0.326 e. The topological polar surface area (TPSA) is 107 Å². The number of non-ortho nitro benzene ring substituents is 1. The van der Waals surface area contributed by atoms with Crippen molar-refractivity contribution in [2.45, 2.75) is 11.8 Å². The van der Waals surface area contributed by atoms with Gasteiger partial charge < -0.3 is 4.74 Å². The molecule has 0 atom stereocenters. The average Bonchev–Trinajstić information content (AvgIpc) is 2.60. The van der Waals surface area contributed by atoms with E-state index in [2.05, 4.69) is 0 Å². The van der Waals surface area contributed by atoms with Gasteiger partial charge in [-0.15, -0.1) is 0 Å². The molecule has 0 aliphatic heterocycles. The molecule has 2 rings (SSSR count). The summed E-state index contributed by atoms with van der Waals surface area (Å²) in [5, 5.41) is 10.9. The fraction of sp³-hybridized carbons (Fsp3) is 0.188. The van der Waals surface area contributed by atoms with E-state index in [9.17, 15) is 23.3 Å². The molecule has 0 N–H and O–H groups in total. The third-order valence-corrected chi connectivity index (χ3v) is 5.01. The van der Waals surface area contributed by atoms with Crippen molar-refractivity contribution in [1.82, 2.24) is 0 Å². The zero-order valence-corrected chi connectivity index (χ0v) is 14.2. The van der Waals surface area contributed by atoms with E-state index in [1.165, 1.54) is 30.3 Å². The van der Waals surface area contributed by atoms with Crippen LogP contribution in [0.5, 0.6) is 0 Å². The van der Waals surface area contributed by atoms with Crippen molar-refractivity contribution in [2.24, 2.45) is 0 Å². The predicted molar refractivity (Wildman–Crippen MR) is 90.7 cm³/mol. The first-order valence-electron chi connectivity index (χ1n) is 7.34. The summed E-state index contributed by atoms with van der Waals surface area (Å²) in [6.45, 7) is 1.18. The Balaban J connectivity index is 2.49. The highest BCUT2D eigenvalue weighted by atomic mass is 32.2. The van der Waals surface area contributed by atoms with Gasteiger partial charge in [-0.2, -0.15) is 0 Å². The van der Waals surface area contributed by atoms with E-state index < -0.39 is 27.5 Å². The number of carbonyl (C=O) groups excluding carboxylic acids is 1. The quantitative estimate of drug-likeness (QED) is 0.424. The summed E-state index contributed by atoms with van der Waals surface area (Å²) in [7, 11) is -4.20. The number of sulfonamides is 1. The van der Waals surface area contributed by atoms with Gasteiger partial charge in [0.05, 0.1) is 22.1 Å². The fourth-order valence-corrected chi connectivity index (χ4v) is 3.57. The van der Waals surface area contributed by atoms with E-state index in [-0.39, 0.29) is 22.9 Å². The highest BCUT2D eigenvalue weighted by molar-refractivity contribution is 7.92. The van der Waals surface area contributed by atoms with E-state index in [1.54, 1.807) is 25.1 Å². The average molecular weight is 364 g/mol. The van der Waals surface area contributed by atoms with Crippen molar-refractivity contribution in [3.05, 3.63) is 64.7 Å². The van der Waals surface area contributed by atoms with Gasteiger partial charge in [0, 0.05) is 12.1 Å². The second kappa shape index (κ2) is 7.75. The second-order valence-electron chi connectivity index (χ2n) is 4.91. The molecule has 0 fully saturated rings. The van der Waals surface area contributed by atoms with Crippen molar-refractivity contribution < 1.29 is 22.9 Å². The fourth-order valence-electron chi connectivity index (χ4n) is 2.12. The number of hydrogen-bond acceptors (Lipinski definition) is 6. The Bertz CT molecular complexity index is 867. The Morgan fingerprint density at radius 2 is 1.84 bits per heavy atom. The van der Waals surface area contributed by atoms with Gasteiger partial charge in [0.2, 0.25) is 0 Å². The van der Waals surface area contributed by atoms with Crippen molar-refractivity contribution in [1.29, 1.82) is 0 Å². The molecule has 9 heteroatoms. The number of rotatable bonds is 7. The molecule has 0 unspecified atom stereocenters. The second-order valence-corrected chi connectivity index (χ2v) is 6.77. The molecule has 2 aromatic rings. The molecule has 0 saturated heterocycles. The van der Waals surface area contributed by atoms with Gasteiger partial charge in [0.15, 0.2) is 0 Å². The number of benzene rings is 2. The summed E-state index contributed by atoms with van der Waals surface area (Å²) in [6, 6.07) is 12.6. The van der Waals surface area contributed by atoms with Crippen LogP contribution in [0.15, 0.2) is 59.5 Å². The van der Waals surface area contributed by atoms with E-state index >= 15 is 0 Å². The minimum Gasteiger partial charge on any atom is -0.465 e. The summed E-state index contributed by atoms with van der Waals surface area (Å²) in [6.07, 6.45) is 0. The Hall–Kier alpha value is -2.94. The van der Waals surface area contributed by atoms with Crippen molar-refractivity contribution in [3.63, 3.8) is 0 Å². The molecule has 0 spiro atoms. The number of nitro benzene ring substituents is 1. The van der Waals surface area contributed by atoms with Gasteiger partial charge >= 0.3 is 5.97 Å². The van der Waals surface area contributed by atoms with Gasteiger partial charge in [-0.05, 0) is 25.1 Å². The SMILES string of the molecule is CCOC(=O)CN(c1ccccc1)S(=O)(=O)c1cccc([N+](=O)[O-])c1. The lowest BCUT2D eigenvalue weighted by Gasteiger charge is -2.23. The molecule has 0 heterocycles. The van der Waals surface area contributed by atoms with Crippen molar-refractivity contribution in [3.8, 4) is 0 Å². The van der Waals surface area contributed by atoms with E-state index in [4.69, 9.17) is 4.74 Å². The maximum absolute atomic E-state index is 12.9. The molecule has 0 amide bonds. The smallest absolute Gasteiger partial charge is 0.326 e. The summed E-state index contributed by atoms with van der Waals surface area (Å²) in [5.41, 5.74) is -0.104. The maximum atomic E-state index is 12.9. The first-order chi connectivity index (χ1) is 11.9. The van der Waals surface area contributed by atoms with Crippen LogP contribution in [0.25, 0.3) is 0 Å². The zero-order valence-electron chi connectivity index (χ0n) is 13.4. The largest absolute Gasteiger partial charge is 0.465 e. The van der Waals surface area contributed by atoms with E-state index in [0.717, 1.165) is 10.4 Å². The van der Waals surface area contributed by atoms with Crippen molar-refractivity contribution >= 4 is 27.4 Å². The first kappa shape index (κ1) is 18.4. The highest BCUT2D eigenvalue weighted by Gasteiger charge is 2.28. The number of esters is 1. The van der Waals surface area contributed by atoms with Crippen LogP contribution in [-0.2, 0) is 19.6 Å². The molecule has 0 aliphatic carbocycles. The number of carbonyl (C=O) groups is 1. The normalized spacial score (nSPS) is 10.9. The zero-order chi connectivity index (χ0) is 18.4. The lowest BCUT2D eigenvalue weighted by Crippen LogP contribution is -2.36. The van der Waals surface area contributed by atoms with E-state index in [0.29, 0.717) is 0 Å². The Morgan fingerprint density at radius 3 is 2.44 bits per heavy atom. The van der Waals surface area contributed by atoms with Gasteiger partial charge in [-0.3, -0.25) is 19.2 Å². The first-order valence-corrected chi connectivity index (χ1v) is 8.78. The third kappa shape index (κ3) is 4.32. The van der Waals surface area contributed by atoms with Crippen molar-refractivity contribution in [2.75, 3.05) is 17.5 Å². The van der Waals surface area contributed by atoms with Gasteiger partial charge in [0.25, 0.3) is 15.7 Å².